The standard InChI is InChI=1S/C21H25N5OS/c1-13(2)18-8-6-7-9-19(18)22-20(27)16(5)28-21-23-24-25-26(21)17-11-10-14(3)15(4)12-17/h6-13,16H,1-5H3,(H,22,27)/t16-/m1/s1. The number of benzene rings is 2. The number of amides is 1. The molecule has 0 aliphatic carbocycles. The number of nitrogens with one attached hydrogen (secondary N) is 1. The lowest BCUT2D eigenvalue weighted by molar-refractivity contribution is -0.115. The van der Waals surface area contributed by atoms with Gasteiger partial charge in [0.05, 0.1) is 10.9 Å². The molecule has 3 rings (SSSR count). The monoisotopic (exact) mass is 395 g/mol. The largest absolute Gasteiger partial charge is 0.325 e. The lowest BCUT2D eigenvalue weighted by Crippen LogP contribution is -2.23. The van der Waals surface area contributed by atoms with Crippen molar-refractivity contribution < 1.29 is 4.79 Å². The first-order chi connectivity index (χ1) is 13.4. The number of tetrazole rings is 1. The van der Waals surface area contributed by atoms with Gasteiger partial charge in [-0.05, 0) is 72.0 Å². The molecule has 0 saturated heterocycles. The Morgan fingerprint density at radius 1 is 1.07 bits per heavy atom. The zero-order valence-electron chi connectivity index (χ0n) is 16.8. The Labute approximate surface area is 169 Å². The normalized spacial score (nSPS) is 12.2. The highest BCUT2D eigenvalue weighted by Gasteiger charge is 2.20. The third kappa shape index (κ3) is 4.42. The van der Waals surface area contributed by atoms with Gasteiger partial charge < -0.3 is 5.32 Å². The second-order valence-corrected chi connectivity index (χ2v) is 8.44. The summed E-state index contributed by atoms with van der Waals surface area (Å²) in [5, 5.41) is 15.3. The first-order valence-corrected chi connectivity index (χ1v) is 10.2. The van der Waals surface area contributed by atoms with Crippen LogP contribution in [-0.2, 0) is 4.79 Å². The fraction of sp³-hybridized carbons (Fsp3) is 0.333. The lowest BCUT2D eigenvalue weighted by Gasteiger charge is -2.16. The SMILES string of the molecule is Cc1ccc(-n2nnnc2S[C@H](C)C(=O)Nc2ccccc2C(C)C)cc1C. The Kier molecular flexibility index (Phi) is 6.14. The van der Waals surface area contributed by atoms with Crippen LogP contribution in [0.25, 0.3) is 5.69 Å². The molecule has 0 unspecified atom stereocenters. The van der Waals surface area contributed by atoms with Crippen molar-refractivity contribution in [2.24, 2.45) is 0 Å². The summed E-state index contributed by atoms with van der Waals surface area (Å²) in [4.78, 5) is 12.8. The van der Waals surface area contributed by atoms with Crippen LogP contribution in [-0.4, -0.2) is 31.4 Å². The molecular weight excluding hydrogens is 370 g/mol. The maximum absolute atomic E-state index is 12.8. The molecule has 0 spiro atoms. The molecule has 146 valence electrons. The highest BCUT2D eigenvalue weighted by atomic mass is 32.2. The number of hydrogen-bond donors (Lipinski definition) is 1. The molecule has 0 aliphatic rings. The molecule has 0 aliphatic heterocycles. The van der Waals surface area contributed by atoms with Crippen molar-refractivity contribution in [1.82, 2.24) is 20.2 Å². The first-order valence-electron chi connectivity index (χ1n) is 9.29. The Hall–Kier alpha value is -2.67. The van der Waals surface area contributed by atoms with E-state index in [0.717, 1.165) is 16.9 Å². The van der Waals surface area contributed by atoms with Crippen LogP contribution < -0.4 is 5.32 Å². The van der Waals surface area contributed by atoms with Gasteiger partial charge in [-0.25, -0.2) is 0 Å². The Morgan fingerprint density at radius 2 is 1.82 bits per heavy atom. The van der Waals surface area contributed by atoms with E-state index in [9.17, 15) is 4.79 Å². The fourth-order valence-electron chi connectivity index (χ4n) is 2.83. The highest BCUT2D eigenvalue weighted by molar-refractivity contribution is 8.00. The number of nitrogens with zero attached hydrogens (tertiary/aromatic N) is 4. The van der Waals surface area contributed by atoms with Crippen molar-refractivity contribution in [2.45, 2.75) is 50.9 Å². The molecular formula is C21H25N5OS. The molecule has 1 amide bonds. The highest BCUT2D eigenvalue weighted by Crippen LogP contribution is 2.27. The van der Waals surface area contributed by atoms with E-state index < -0.39 is 0 Å². The molecule has 0 radical (unpaired) electrons. The van der Waals surface area contributed by atoms with Gasteiger partial charge in [-0.3, -0.25) is 4.79 Å². The average molecular weight is 396 g/mol. The van der Waals surface area contributed by atoms with Gasteiger partial charge >= 0.3 is 0 Å². The lowest BCUT2D eigenvalue weighted by atomic mass is 10.0. The van der Waals surface area contributed by atoms with E-state index >= 15 is 0 Å². The summed E-state index contributed by atoms with van der Waals surface area (Å²) in [5.41, 5.74) is 5.23. The molecule has 1 aromatic heterocycles. The van der Waals surface area contributed by atoms with Gasteiger partial charge in [0.25, 0.3) is 0 Å². The molecule has 0 fully saturated rings. The summed E-state index contributed by atoms with van der Waals surface area (Å²) in [6, 6.07) is 14.0. The zero-order chi connectivity index (χ0) is 20.3. The smallest absolute Gasteiger partial charge is 0.237 e. The minimum Gasteiger partial charge on any atom is -0.325 e. The van der Waals surface area contributed by atoms with Crippen LogP contribution in [0, 0.1) is 13.8 Å². The molecule has 28 heavy (non-hydrogen) atoms. The molecule has 6 nitrogen and oxygen atoms in total. The summed E-state index contributed by atoms with van der Waals surface area (Å²) in [7, 11) is 0. The van der Waals surface area contributed by atoms with Crippen LogP contribution in [0.3, 0.4) is 0 Å². The molecule has 1 heterocycles. The summed E-state index contributed by atoms with van der Waals surface area (Å²) in [6.07, 6.45) is 0. The Balaban J connectivity index is 1.75. The predicted octanol–water partition coefficient (Wildman–Crippen LogP) is 4.52. The number of anilines is 1. The van der Waals surface area contributed by atoms with Crippen LogP contribution >= 0.6 is 11.8 Å². The minimum absolute atomic E-state index is 0.0762. The van der Waals surface area contributed by atoms with Gasteiger partial charge in [0, 0.05) is 5.69 Å². The van der Waals surface area contributed by atoms with Crippen molar-refractivity contribution in [1.29, 1.82) is 0 Å². The summed E-state index contributed by atoms with van der Waals surface area (Å²) >= 11 is 1.34. The number of thioether (sulfide) groups is 1. The van der Waals surface area contributed by atoms with E-state index in [1.54, 1.807) is 4.68 Å². The van der Waals surface area contributed by atoms with E-state index in [-0.39, 0.29) is 11.2 Å². The molecule has 0 saturated carbocycles. The van der Waals surface area contributed by atoms with E-state index in [1.165, 1.54) is 22.9 Å². The Bertz CT molecular complexity index is 982. The van der Waals surface area contributed by atoms with Crippen molar-refractivity contribution in [3.05, 3.63) is 59.2 Å². The molecule has 3 aromatic rings. The third-order valence-electron chi connectivity index (χ3n) is 4.67. The van der Waals surface area contributed by atoms with E-state index in [4.69, 9.17) is 0 Å². The second kappa shape index (κ2) is 8.56. The Morgan fingerprint density at radius 3 is 2.54 bits per heavy atom. The van der Waals surface area contributed by atoms with E-state index in [1.807, 2.05) is 49.4 Å². The number of carbonyl (C=O) groups excluding carboxylic acids is 1. The van der Waals surface area contributed by atoms with Crippen LogP contribution in [0.2, 0.25) is 0 Å². The molecule has 1 atom stereocenters. The first kappa shape index (κ1) is 20.1. The van der Waals surface area contributed by atoms with Crippen molar-refractivity contribution in [3.63, 3.8) is 0 Å². The predicted molar refractivity (Wildman–Crippen MR) is 113 cm³/mol. The van der Waals surface area contributed by atoms with Gasteiger partial charge in [-0.1, -0.05) is 49.9 Å². The quantitative estimate of drug-likeness (QED) is 0.621. The number of para-hydroxylation sites is 1. The molecule has 0 bridgehead atoms. The van der Waals surface area contributed by atoms with Crippen molar-refractivity contribution in [2.75, 3.05) is 5.32 Å². The summed E-state index contributed by atoms with van der Waals surface area (Å²) in [6.45, 7) is 10.2. The number of hydrogen-bond acceptors (Lipinski definition) is 5. The van der Waals surface area contributed by atoms with Gasteiger partial charge in [0.1, 0.15) is 0 Å². The van der Waals surface area contributed by atoms with E-state index in [2.05, 4.69) is 48.5 Å². The average Bonchev–Trinajstić information content (AvgIpc) is 3.12. The molecule has 7 heteroatoms. The van der Waals surface area contributed by atoms with Gasteiger partial charge in [0.15, 0.2) is 0 Å². The fourth-order valence-corrected chi connectivity index (χ4v) is 3.64. The van der Waals surface area contributed by atoms with E-state index in [0.29, 0.717) is 11.1 Å². The van der Waals surface area contributed by atoms with Crippen LogP contribution in [0.15, 0.2) is 47.6 Å². The van der Waals surface area contributed by atoms with Crippen LogP contribution in [0.1, 0.15) is 43.4 Å². The van der Waals surface area contributed by atoms with Gasteiger partial charge in [0.2, 0.25) is 11.1 Å². The topological polar surface area (TPSA) is 72.7 Å². The number of aryl methyl sites for hydroxylation is 2. The second-order valence-electron chi connectivity index (χ2n) is 7.13. The maximum atomic E-state index is 12.8. The maximum Gasteiger partial charge on any atom is 0.237 e. The number of aromatic nitrogens is 4. The molecule has 1 N–H and O–H groups in total. The van der Waals surface area contributed by atoms with Gasteiger partial charge in [-0.15, -0.1) is 5.10 Å². The van der Waals surface area contributed by atoms with Crippen molar-refractivity contribution in [3.8, 4) is 5.69 Å². The van der Waals surface area contributed by atoms with Crippen molar-refractivity contribution >= 4 is 23.4 Å². The van der Waals surface area contributed by atoms with Crippen LogP contribution in [0.5, 0.6) is 0 Å². The number of carbonyl (C=O) groups is 1. The zero-order valence-corrected chi connectivity index (χ0v) is 17.6. The number of rotatable bonds is 6. The molecule has 2 aromatic carbocycles. The van der Waals surface area contributed by atoms with Gasteiger partial charge in [-0.2, -0.15) is 4.68 Å². The third-order valence-corrected chi connectivity index (χ3v) is 5.70. The van der Waals surface area contributed by atoms with Crippen LogP contribution in [0.4, 0.5) is 5.69 Å². The summed E-state index contributed by atoms with van der Waals surface area (Å²) < 4.78 is 1.67. The summed E-state index contributed by atoms with van der Waals surface area (Å²) in [5.74, 6) is 0.254. The minimum atomic E-state index is -0.350.